The number of alkyl halides is 2. The summed E-state index contributed by atoms with van der Waals surface area (Å²) in [5.41, 5.74) is 0.181. The van der Waals surface area contributed by atoms with Crippen molar-refractivity contribution in [1.29, 1.82) is 0 Å². The maximum absolute atomic E-state index is 13.2. The third-order valence-corrected chi connectivity index (χ3v) is 3.45. The van der Waals surface area contributed by atoms with Crippen molar-refractivity contribution in [3.8, 4) is 5.75 Å². The molecule has 2 atom stereocenters. The van der Waals surface area contributed by atoms with Gasteiger partial charge in [-0.3, -0.25) is 4.79 Å². The van der Waals surface area contributed by atoms with E-state index in [1.165, 1.54) is 0 Å². The molecule has 0 N–H and O–H groups in total. The molecule has 0 amide bonds. The average molecular weight is 296 g/mol. The molecule has 0 unspecified atom stereocenters. The van der Waals surface area contributed by atoms with Crippen molar-refractivity contribution < 1.29 is 27.8 Å². The number of hydrogen-bond acceptors (Lipinski definition) is 4. The number of fused-ring (bicyclic) bond motifs is 2. The smallest absolute Gasteiger partial charge is 0.295 e. The van der Waals surface area contributed by atoms with Gasteiger partial charge < -0.3 is 14.2 Å². The Balaban J connectivity index is 2.05. The van der Waals surface area contributed by atoms with Gasteiger partial charge in [-0.2, -0.15) is 0 Å². The van der Waals surface area contributed by atoms with Crippen molar-refractivity contribution in [2.75, 3.05) is 6.61 Å². The predicted molar refractivity (Wildman–Crippen MR) is 69.3 cm³/mol. The van der Waals surface area contributed by atoms with Gasteiger partial charge in [-0.15, -0.1) is 0 Å². The zero-order chi connectivity index (χ0) is 15.0. The van der Waals surface area contributed by atoms with Crippen LogP contribution in [0, 0.1) is 0 Å². The molecule has 0 radical (unpaired) electrons. The van der Waals surface area contributed by atoms with E-state index in [0.717, 1.165) is 0 Å². The molecule has 0 aliphatic carbocycles. The molecule has 0 fully saturated rings. The summed E-state index contributed by atoms with van der Waals surface area (Å²) in [6.07, 6.45) is -4.27. The van der Waals surface area contributed by atoms with E-state index < -0.39 is 30.4 Å². The van der Waals surface area contributed by atoms with Crippen LogP contribution in [0.1, 0.15) is 23.7 Å². The van der Waals surface area contributed by atoms with E-state index in [1.54, 1.807) is 31.2 Å². The van der Waals surface area contributed by atoms with Crippen LogP contribution in [0.15, 0.2) is 35.6 Å². The Hall–Kier alpha value is -1.95. The summed E-state index contributed by atoms with van der Waals surface area (Å²) in [5, 5.41) is 0. The van der Waals surface area contributed by atoms with Crippen molar-refractivity contribution in [2.45, 2.75) is 32.2 Å². The molecule has 1 aromatic carbocycles. The first-order valence-corrected chi connectivity index (χ1v) is 6.72. The first-order valence-electron chi connectivity index (χ1n) is 6.72. The molecule has 2 aliphatic heterocycles. The van der Waals surface area contributed by atoms with Crippen molar-refractivity contribution in [1.82, 2.24) is 0 Å². The lowest BCUT2D eigenvalue weighted by Crippen LogP contribution is -2.41. The number of rotatable bonds is 3. The van der Waals surface area contributed by atoms with Crippen LogP contribution in [-0.4, -0.2) is 31.2 Å². The fraction of sp³-hybridized carbons (Fsp3) is 0.400. The maximum Gasteiger partial charge on any atom is 0.295 e. The minimum Gasteiger partial charge on any atom is -0.484 e. The number of Topliss-reactive ketones (excluding diaryl/α,β-unsaturated/α-hetero) is 1. The van der Waals surface area contributed by atoms with Crippen LogP contribution in [0.2, 0.25) is 0 Å². The molecule has 21 heavy (non-hydrogen) atoms. The first-order chi connectivity index (χ1) is 10.1. The monoisotopic (exact) mass is 296 g/mol. The Morgan fingerprint density at radius 3 is 2.81 bits per heavy atom. The summed E-state index contributed by atoms with van der Waals surface area (Å²) in [7, 11) is 0. The van der Waals surface area contributed by atoms with Crippen LogP contribution in [0.5, 0.6) is 5.75 Å². The highest BCUT2D eigenvalue weighted by molar-refractivity contribution is 6.12. The molecule has 112 valence electrons. The molecule has 0 spiro atoms. The average Bonchev–Trinajstić information content (AvgIpc) is 2.47. The fourth-order valence-electron chi connectivity index (χ4n) is 2.58. The fourth-order valence-corrected chi connectivity index (χ4v) is 2.58. The van der Waals surface area contributed by atoms with E-state index in [2.05, 4.69) is 0 Å². The number of carbonyl (C=O) groups is 1. The van der Waals surface area contributed by atoms with Gasteiger partial charge in [-0.05, 0) is 19.1 Å². The summed E-state index contributed by atoms with van der Waals surface area (Å²) < 4.78 is 42.5. The van der Waals surface area contributed by atoms with E-state index in [1.807, 2.05) is 0 Å². The van der Waals surface area contributed by atoms with Crippen LogP contribution in [0.4, 0.5) is 8.78 Å². The second-order valence-corrected chi connectivity index (χ2v) is 4.75. The number of halogens is 2. The lowest BCUT2D eigenvalue weighted by atomic mass is 9.90. The molecule has 0 saturated heterocycles. The summed E-state index contributed by atoms with van der Waals surface area (Å²) in [4.78, 5) is 12.4. The molecule has 0 saturated carbocycles. The molecule has 2 aliphatic rings. The van der Waals surface area contributed by atoms with Crippen LogP contribution < -0.4 is 4.74 Å². The quantitative estimate of drug-likeness (QED) is 0.860. The van der Waals surface area contributed by atoms with Gasteiger partial charge in [-0.1, -0.05) is 12.1 Å². The standard InChI is InChI=1S/C15H14F2O4/c1-2-19-11-7-10-12(14(21-11)15(16)17)13(18)8-5-3-4-6-9(8)20-10/h3-6,10-11,15H,2,7H2,1H3/t10-,11-/m1/s1. The number of para-hydroxylation sites is 1. The third-order valence-electron chi connectivity index (χ3n) is 3.45. The predicted octanol–water partition coefficient (Wildman–Crippen LogP) is 2.93. The second-order valence-electron chi connectivity index (χ2n) is 4.75. The largest absolute Gasteiger partial charge is 0.484 e. The summed E-state index contributed by atoms with van der Waals surface area (Å²) in [6, 6.07) is 6.60. The van der Waals surface area contributed by atoms with E-state index in [4.69, 9.17) is 14.2 Å². The van der Waals surface area contributed by atoms with Gasteiger partial charge in [0.1, 0.15) is 11.9 Å². The number of hydrogen-bond donors (Lipinski definition) is 0. The number of carbonyl (C=O) groups excluding carboxylic acids is 1. The maximum atomic E-state index is 13.2. The molecule has 6 heteroatoms. The molecular weight excluding hydrogens is 282 g/mol. The molecular formula is C15H14F2O4. The van der Waals surface area contributed by atoms with Crippen molar-refractivity contribution >= 4 is 5.78 Å². The molecule has 4 nitrogen and oxygen atoms in total. The molecule has 0 aromatic heterocycles. The normalized spacial score (nSPS) is 24.3. The summed E-state index contributed by atoms with van der Waals surface area (Å²) in [5.74, 6) is -0.696. The van der Waals surface area contributed by atoms with Crippen molar-refractivity contribution in [3.63, 3.8) is 0 Å². The van der Waals surface area contributed by atoms with Crippen LogP contribution in [0.25, 0.3) is 0 Å². The number of ether oxygens (including phenoxy) is 3. The Kier molecular flexibility index (Phi) is 3.63. The van der Waals surface area contributed by atoms with Gasteiger partial charge in [0.2, 0.25) is 6.29 Å². The van der Waals surface area contributed by atoms with Crippen molar-refractivity contribution in [2.24, 2.45) is 0 Å². The van der Waals surface area contributed by atoms with Crippen LogP contribution in [0.3, 0.4) is 0 Å². The molecule has 1 aromatic rings. The second kappa shape index (κ2) is 5.44. The van der Waals surface area contributed by atoms with Gasteiger partial charge in [0, 0.05) is 6.61 Å². The van der Waals surface area contributed by atoms with E-state index >= 15 is 0 Å². The number of allylic oxidation sites excluding steroid dienone is 1. The Morgan fingerprint density at radius 2 is 2.10 bits per heavy atom. The van der Waals surface area contributed by atoms with Crippen LogP contribution in [-0.2, 0) is 9.47 Å². The molecule has 2 heterocycles. The summed E-state index contributed by atoms with van der Waals surface area (Å²) >= 11 is 0. The van der Waals surface area contributed by atoms with Gasteiger partial charge >= 0.3 is 0 Å². The number of ketones is 1. The zero-order valence-corrected chi connectivity index (χ0v) is 11.3. The highest BCUT2D eigenvalue weighted by Crippen LogP contribution is 2.39. The molecule has 3 rings (SSSR count). The first kappa shape index (κ1) is 14.0. The topological polar surface area (TPSA) is 44.8 Å². The van der Waals surface area contributed by atoms with E-state index in [9.17, 15) is 13.6 Å². The van der Waals surface area contributed by atoms with E-state index in [-0.39, 0.29) is 17.6 Å². The minimum absolute atomic E-state index is 0.0975. The number of benzene rings is 1. The van der Waals surface area contributed by atoms with Crippen LogP contribution >= 0.6 is 0 Å². The Bertz CT molecular complexity index is 597. The lowest BCUT2D eigenvalue weighted by Gasteiger charge is -2.36. The highest BCUT2D eigenvalue weighted by atomic mass is 19.3. The highest BCUT2D eigenvalue weighted by Gasteiger charge is 2.43. The minimum atomic E-state index is -2.89. The van der Waals surface area contributed by atoms with E-state index in [0.29, 0.717) is 12.4 Å². The third kappa shape index (κ3) is 2.40. The molecule has 0 bridgehead atoms. The SMILES string of the molecule is CCO[C@H]1C[C@H]2Oc3ccccc3C(=O)C2=C(C(F)F)O1. The van der Waals surface area contributed by atoms with Gasteiger partial charge in [-0.25, -0.2) is 8.78 Å². The zero-order valence-electron chi connectivity index (χ0n) is 11.3. The Labute approximate surface area is 120 Å². The van der Waals surface area contributed by atoms with Gasteiger partial charge in [0.25, 0.3) is 6.43 Å². The van der Waals surface area contributed by atoms with Crippen molar-refractivity contribution in [3.05, 3.63) is 41.2 Å². The summed E-state index contributed by atoms with van der Waals surface area (Å²) in [6.45, 7) is 2.07. The van der Waals surface area contributed by atoms with Gasteiger partial charge in [0.05, 0.1) is 17.6 Å². The lowest BCUT2D eigenvalue weighted by molar-refractivity contribution is -0.152. The van der Waals surface area contributed by atoms with Gasteiger partial charge in [0.15, 0.2) is 11.5 Å². The Morgan fingerprint density at radius 1 is 1.33 bits per heavy atom.